The van der Waals surface area contributed by atoms with Gasteiger partial charge in [-0.25, -0.2) is 8.42 Å². The molecule has 0 saturated carbocycles. The van der Waals surface area contributed by atoms with Crippen molar-refractivity contribution in [3.8, 4) is 0 Å². The van der Waals surface area contributed by atoms with Gasteiger partial charge < -0.3 is 4.55 Å². The van der Waals surface area contributed by atoms with E-state index >= 15 is 0 Å². The Labute approximate surface area is 157 Å². The van der Waals surface area contributed by atoms with Gasteiger partial charge in [0, 0.05) is 6.42 Å². The van der Waals surface area contributed by atoms with E-state index in [0.29, 0.717) is 16.7 Å². The Morgan fingerprint density at radius 2 is 1.36 bits per heavy atom. The van der Waals surface area contributed by atoms with Gasteiger partial charge in [-0.2, -0.15) is 39.5 Å². The van der Waals surface area contributed by atoms with Crippen molar-refractivity contribution in [2.75, 3.05) is 17.3 Å². The molecule has 0 bridgehead atoms. The highest BCUT2D eigenvalue weighted by atomic mass is 32.2. The summed E-state index contributed by atoms with van der Waals surface area (Å²) in [5.74, 6) is -10.8. The van der Waals surface area contributed by atoms with E-state index in [1.54, 1.807) is 0 Å². The topological polar surface area (TPSA) is 74.3 Å². The van der Waals surface area contributed by atoms with E-state index in [1.165, 1.54) is 24.3 Å². The fourth-order valence-corrected chi connectivity index (χ4v) is 4.71. The Morgan fingerprint density at radius 3 is 1.68 bits per heavy atom. The van der Waals surface area contributed by atoms with E-state index < -0.39 is 33.4 Å². The van der Waals surface area contributed by atoms with Crippen molar-refractivity contribution >= 4 is 26.8 Å². The lowest BCUT2D eigenvalue weighted by molar-refractivity contribution is -0.382. The van der Waals surface area contributed by atoms with Crippen LogP contribution in [0.1, 0.15) is 32.6 Å². The summed E-state index contributed by atoms with van der Waals surface area (Å²) < 4.78 is 135. The van der Waals surface area contributed by atoms with Gasteiger partial charge in [0.2, 0.25) is 0 Å². The molecular formula is C13H17F9O4S2. The predicted octanol–water partition coefficient (Wildman–Crippen LogP) is 3.73. The first-order chi connectivity index (χ1) is 12.3. The van der Waals surface area contributed by atoms with Gasteiger partial charge in [-0.05, 0) is 30.2 Å². The molecule has 4 nitrogen and oxygen atoms in total. The summed E-state index contributed by atoms with van der Waals surface area (Å²) in [6.45, 7) is 2.08. The summed E-state index contributed by atoms with van der Waals surface area (Å²) in [4.78, 5) is 11.2. The molecule has 0 N–H and O–H groups in total. The Hall–Kier alpha value is -0.700. The number of alkyl halides is 9. The van der Waals surface area contributed by atoms with E-state index in [2.05, 4.69) is 6.92 Å². The third-order valence-corrected chi connectivity index (χ3v) is 6.79. The van der Waals surface area contributed by atoms with Gasteiger partial charge in [-0.1, -0.05) is 6.92 Å². The van der Waals surface area contributed by atoms with E-state index in [-0.39, 0.29) is 0 Å². The van der Waals surface area contributed by atoms with E-state index in [9.17, 15) is 57.3 Å². The summed E-state index contributed by atoms with van der Waals surface area (Å²) in [5.41, 5.74) is 0. The van der Waals surface area contributed by atoms with E-state index in [0.717, 1.165) is 18.6 Å². The molecule has 0 aliphatic carbocycles. The zero-order chi connectivity index (χ0) is 22.6. The molecule has 0 amide bonds. The van der Waals surface area contributed by atoms with Crippen molar-refractivity contribution < 1.29 is 57.3 Å². The molecule has 1 saturated heterocycles. The third kappa shape index (κ3) is 6.15. The molecule has 1 aliphatic rings. The lowest BCUT2D eigenvalue weighted by Crippen LogP contribution is -2.63. The maximum Gasteiger partial charge on any atom is 0.460 e. The molecule has 0 atom stereocenters. The normalized spacial score (nSPS) is 17.2. The summed E-state index contributed by atoms with van der Waals surface area (Å²) in [7, 11) is -6.93. The molecule has 1 fully saturated rings. The van der Waals surface area contributed by atoms with E-state index in [1.807, 2.05) is 0 Å². The van der Waals surface area contributed by atoms with Crippen molar-refractivity contribution in [2.24, 2.45) is 0 Å². The Kier molecular flexibility index (Phi) is 9.17. The molecule has 28 heavy (non-hydrogen) atoms. The fraction of sp³-hybridized carbons (Fsp3) is 0.923. The van der Waals surface area contributed by atoms with Gasteiger partial charge in [0.15, 0.2) is 21.7 Å². The van der Waals surface area contributed by atoms with Gasteiger partial charge in [0.1, 0.15) is 11.5 Å². The number of Topliss-reactive ketones (excluding diaryl/α,β-unsaturated/α-hetero) is 1. The maximum absolute atomic E-state index is 12.2. The first kappa shape index (κ1) is 27.3. The molecule has 0 unspecified atom stereocenters. The average Bonchev–Trinajstić information content (AvgIpc) is 2.98. The number of rotatable bonds is 7. The Balaban J connectivity index is 0.000000567. The molecular weight excluding hydrogens is 455 g/mol. The number of ketones is 1. The third-order valence-electron chi connectivity index (χ3n) is 3.44. The summed E-state index contributed by atoms with van der Waals surface area (Å²) in [5, 5.41) is -7.11. The first-order valence-electron chi connectivity index (χ1n) is 7.64. The van der Waals surface area contributed by atoms with Crippen molar-refractivity contribution in [1.29, 1.82) is 0 Å². The Bertz CT molecular complexity index is 626. The zero-order valence-electron chi connectivity index (χ0n) is 14.3. The van der Waals surface area contributed by atoms with Gasteiger partial charge in [0.25, 0.3) is 0 Å². The first-order valence-corrected chi connectivity index (χ1v) is 10.8. The number of halogens is 9. The minimum Gasteiger partial charge on any atom is -0.743 e. The summed E-state index contributed by atoms with van der Waals surface area (Å²) >= 11 is 0. The minimum absolute atomic E-state index is 0.492. The number of hydrogen-bond donors (Lipinski definition) is 0. The molecule has 0 spiro atoms. The summed E-state index contributed by atoms with van der Waals surface area (Å²) in [6, 6.07) is 0. The van der Waals surface area contributed by atoms with Crippen molar-refractivity contribution in [1.82, 2.24) is 0 Å². The van der Waals surface area contributed by atoms with Crippen LogP contribution in [-0.2, 0) is 25.8 Å². The highest BCUT2D eigenvalue weighted by Gasteiger charge is 2.83. The lowest BCUT2D eigenvalue weighted by atomic mass is 10.1. The van der Waals surface area contributed by atoms with Crippen molar-refractivity contribution in [3.63, 3.8) is 0 Å². The monoisotopic (exact) mass is 472 g/mol. The standard InChI is InChI=1S/C9H17OS.C4HF9O3S/c1-2-5-9(10)8-11-6-3-4-7-11;5-1(6,3(9,10)11)2(7,8)4(12,13)17(14,15)16/h2-8H2,1H3;(H,14,15,16)/q+1;/p-1. The van der Waals surface area contributed by atoms with Gasteiger partial charge in [-0.15, -0.1) is 0 Å². The maximum atomic E-state index is 12.2. The molecule has 1 aliphatic heterocycles. The zero-order valence-corrected chi connectivity index (χ0v) is 15.9. The minimum atomic E-state index is -7.43. The highest BCUT2D eigenvalue weighted by Crippen LogP contribution is 2.54. The van der Waals surface area contributed by atoms with Gasteiger partial charge in [-0.3, -0.25) is 4.79 Å². The van der Waals surface area contributed by atoms with Crippen LogP contribution in [0.15, 0.2) is 0 Å². The van der Waals surface area contributed by atoms with Gasteiger partial charge >= 0.3 is 23.3 Å². The van der Waals surface area contributed by atoms with Crippen LogP contribution in [-0.4, -0.2) is 59.3 Å². The molecule has 1 rings (SSSR count). The quantitative estimate of drug-likeness (QED) is 0.322. The van der Waals surface area contributed by atoms with Crippen LogP contribution in [0.3, 0.4) is 0 Å². The molecule has 15 heteroatoms. The molecule has 0 aromatic rings. The van der Waals surface area contributed by atoms with Crippen LogP contribution in [0, 0.1) is 0 Å². The number of hydrogen-bond acceptors (Lipinski definition) is 4. The van der Waals surface area contributed by atoms with Crippen LogP contribution >= 0.6 is 0 Å². The van der Waals surface area contributed by atoms with Crippen LogP contribution in [0.5, 0.6) is 0 Å². The van der Waals surface area contributed by atoms with E-state index in [4.69, 9.17) is 0 Å². The van der Waals surface area contributed by atoms with Crippen molar-refractivity contribution in [2.45, 2.75) is 55.9 Å². The average molecular weight is 472 g/mol. The molecule has 168 valence electrons. The lowest BCUT2D eigenvalue weighted by Gasteiger charge is -2.34. The predicted molar refractivity (Wildman–Crippen MR) is 81.7 cm³/mol. The smallest absolute Gasteiger partial charge is 0.460 e. The SMILES string of the molecule is CCCC(=O)C[S+]1CCCC1.O=S(=O)([O-])C(F)(F)C(F)(F)C(F)(F)C(F)(F)F. The molecule has 0 aromatic carbocycles. The molecule has 0 radical (unpaired) electrons. The largest absolute Gasteiger partial charge is 0.743 e. The Morgan fingerprint density at radius 1 is 0.929 bits per heavy atom. The van der Waals surface area contributed by atoms with Gasteiger partial charge in [0.05, 0.1) is 0 Å². The van der Waals surface area contributed by atoms with Crippen LogP contribution < -0.4 is 0 Å². The second kappa shape index (κ2) is 9.41. The molecule has 1 heterocycles. The van der Waals surface area contributed by atoms with Crippen LogP contribution in [0.4, 0.5) is 39.5 Å². The number of carbonyl (C=O) groups excluding carboxylic acids is 1. The van der Waals surface area contributed by atoms with Crippen molar-refractivity contribution in [3.05, 3.63) is 0 Å². The number of carbonyl (C=O) groups is 1. The highest BCUT2D eigenvalue weighted by molar-refractivity contribution is 7.97. The second-order valence-corrected chi connectivity index (χ2v) is 9.53. The molecule has 0 aromatic heterocycles. The van der Waals surface area contributed by atoms with Crippen LogP contribution in [0.2, 0.25) is 0 Å². The van der Waals surface area contributed by atoms with Crippen LogP contribution in [0.25, 0.3) is 0 Å². The fourth-order valence-electron chi connectivity index (χ4n) is 1.96. The summed E-state index contributed by atoms with van der Waals surface area (Å²) in [6.07, 6.45) is -2.60. The second-order valence-electron chi connectivity index (χ2n) is 5.78.